The first kappa shape index (κ1) is 31.9. The average molecular weight is 666 g/mol. The van der Waals surface area contributed by atoms with Crippen molar-refractivity contribution in [2.45, 2.75) is 77.8 Å². The number of ether oxygens (including phenoxy) is 4. The molecule has 3 aliphatic rings. The molecule has 3 aliphatic heterocycles. The van der Waals surface area contributed by atoms with Crippen LogP contribution in [-0.4, -0.2) is 74.3 Å². The molecule has 0 amide bonds. The lowest BCUT2D eigenvalue weighted by Gasteiger charge is -2.37. The van der Waals surface area contributed by atoms with Gasteiger partial charge >= 0.3 is 5.97 Å². The van der Waals surface area contributed by atoms with Crippen molar-refractivity contribution in [2.75, 3.05) is 37.8 Å². The number of aliphatic carboxylic acids is 1. The predicted octanol–water partition coefficient (Wildman–Crippen LogP) is 6.12. The summed E-state index contributed by atoms with van der Waals surface area (Å²) >= 11 is 1.29. The lowest BCUT2D eigenvalue weighted by Crippen LogP contribution is -2.45. The number of aromatic nitrogens is 4. The second-order valence-corrected chi connectivity index (χ2v) is 14.3. The molecular formula is C34H40FN5O6S. The van der Waals surface area contributed by atoms with E-state index in [0.717, 1.165) is 49.2 Å². The van der Waals surface area contributed by atoms with Crippen LogP contribution in [0.25, 0.3) is 32.9 Å². The second kappa shape index (κ2) is 11.8. The zero-order valence-corrected chi connectivity index (χ0v) is 28.4. The maximum absolute atomic E-state index is 15.8. The fraction of sp³-hybridized carbons (Fsp3) is 0.529. The molecule has 7 rings (SSSR count). The van der Waals surface area contributed by atoms with Gasteiger partial charge in [-0.25, -0.2) is 14.2 Å². The first-order valence-electron chi connectivity index (χ1n) is 16.1. The number of carboxylic acids is 1. The Hall–Kier alpha value is -3.65. The van der Waals surface area contributed by atoms with Gasteiger partial charge in [-0.2, -0.15) is 9.36 Å². The molecule has 1 aromatic carbocycles. The van der Waals surface area contributed by atoms with Crippen LogP contribution < -0.4 is 9.64 Å². The number of rotatable bonds is 6. The van der Waals surface area contributed by atoms with E-state index in [9.17, 15) is 9.90 Å². The Balaban J connectivity index is 1.38. The molecule has 0 bridgehead atoms. The normalized spacial score (nSPS) is 18.5. The number of anilines is 1. The van der Waals surface area contributed by atoms with Crippen LogP contribution in [-0.2, 0) is 32.5 Å². The van der Waals surface area contributed by atoms with Crippen molar-refractivity contribution in [2.24, 2.45) is 7.05 Å². The Labute approximate surface area is 276 Å². The van der Waals surface area contributed by atoms with Crippen molar-refractivity contribution in [3.05, 3.63) is 40.3 Å². The summed E-state index contributed by atoms with van der Waals surface area (Å²) in [6, 6.07) is 3.42. The van der Waals surface area contributed by atoms with E-state index in [4.69, 9.17) is 33.3 Å². The van der Waals surface area contributed by atoms with E-state index in [-0.39, 0.29) is 5.75 Å². The van der Waals surface area contributed by atoms with Crippen molar-refractivity contribution in [3.63, 3.8) is 0 Å². The third kappa shape index (κ3) is 5.66. The molecule has 1 atom stereocenters. The highest BCUT2D eigenvalue weighted by molar-refractivity contribution is 7.09. The Morgan fingerprint density at radius 3 is 2.53 bits per heavy atom. The highest BCUT2D eigenvalue weighted by Crippen LogP contribution is 2.46. The molecule has 47 heavy (non-hydrogen) atoms. The molecule has 2 saturated heterocycles. The van der Waals surface area contributed by atoms with Crippen LogP contribution >= 0.6 is 11.5 Å². The number of piperidine rings is 1. The Kier molecular flexibility index (Phi) is 8.01. The molecule has 1 spiro atoms. The van der Waals surface area contributed by atoms with E-state index in [1.165, 1.54) is 17.6 Å². The van der Waals surface area contributed by atoms with Gasteiger partial charge in [0, 0.05) is 60.7 Å². The molecule has 0 aliphatic carbocycles. The van der Waals surface area contributed by atoms with Gasteiger partial charge in [0.1, 0.15) is 5.65 Å². The number of pyridine rings is 1. The smallest absolute Gasteiger partial charge is 0.337 e. The topological polar surface area (TPSA) is 121 Å². The number of carbonyl (C=O) groups is 1. The number of carboxylic acid groups (broad SMARTS) is 1. The van der Waals surface area contributed by atoms with Gasteiger partial charge in [-0.3, -0.25) is 0 Å². The van der Waals surface area contributed by atoms with E-state index in [1.54, 1.807) is 6.92 Å². The largest absolute Gasteiger partial charge is 0.490 e. The van der Waals surface area contributed by atoms with Crippen molar-refractivity contribution >= 4 is 34.5 Å². The third-order valence-corrected chi connectivity index (χ3v) is 10.1. The minimum Gasteiger partial charge on any atom is -0.490 e. The fourth-order valence-electron chi connectivity index (χ4n) is 7.06. The molecule has 6 heterocycles. The van der Waals surface area contributed by atoms with E-state index in [1.807, 2.05) is 45.4 Å². The first-order chi connectivity index (χ1) is 22.4. The van der Waals surface area contributed by atoms with Crippen LogP contribution in [0.5, 0.6) is 5.75 Å². The molecule has 3 aromatic heterocycles. The monoisotopic (exact) mass is 665 g/mol. The van der Waals surface area contributed by atoms with Crippen molar-refractivity contribution in [1.29, 1.82) is 0 Å². The number of hydrogen-bond donors (Lipinski definition) is 1. The van der Waals surface area contributed by atoms with Gasteiger partial charge in [0.05, 0.1) is 31.1 Å². The van der Waals surface area contributed by atoms with Gasteiger partial charge < -0.3 is 33.5 Å². The maximum atomic E-state index is 15.8. The summed E-state index contributed by atoms with van der Waals surface area (Å²) in [6.45, 7) is 12.3. The zero-order chi connectivity index (χ0) is 33.2. The number of benzene rings is 1. The van der Waals surface area contributed by atoms with Crippen molar-refractivity contribution < 1.29 is 33.2 Å². The number of fused-ring (bicyclic) bond motifs is 2. The highest BCUT2D eigenvalue weighted by atomic mass is 32.1. The first-order valence-corrected chi connectivity index (χ1v) is 16.9. The molecule has 11 nitrogen and oxygen atoms in total. The zero-order valence-electron chi connectivity index (χ0n) is 27.6. The molecule has 1 N–H and O–H groups in total. The number of hydrogen-bond acceptors (Lipinski definition) is 10. The molecule has 250 valence electrons. The summed E-state index contributed by atoms with van der Waals surface area (Å²) < 4.78 is 46.1. The summed E-state index contributed by atoms with van der Waals surface area (Å²) in [5.74, 6) is -1.20. The van der Waals surface area contributed by atoms with Crippen LogP contribution in [0.4, 0.5) is 10.3 Å². The van der Waals surface area contributed by atoms with E-state index < -0.39 is 29.3 Å². The lowest BCUT2D eigenvalue weighted by atomic mass is 9.86. The molecule has 13 heteroatoms. The minimum atomic E-state index is -1.34. The molecule has 0 saturated carbocycles. The van der Waals surface area contributed by atoms with Crippen LogP contribution in [0.3, 0.4) is 0 Å². The predicted molar refractivity (Wildman–Crippen MR) is 176 cm³/mol. The molecule has 0 unspecified atom stereocenters. The van der Waals surface area contributed by atoms with Gasteiger partial charge in [-0.1, -0.05) is 0 Å². The number of nitrogens with zero attached hydrogens (tertiary/aromatic N) is 5. The van der Waals surface area contributed by atoms with E-state index in [0.29, 0.717) is 70.6 Å². The van der Waals surface area contributed by atoms with Crippen LogP contribution in [0.2, 0.25) is 0 Å². The summed E-state index contributed by atoms with van der Waals surface area (Å²) in [4.78, 5) is 24.9. The number of halogens is 1. The van der Waals surface area contributed by atoms with Crippen molar-refractivity contribution in [1.82, 2.24) is 18.9 Å². The van der Waals surface area contributed by atoms with Crippen molar-refractivity contribution in [3.8, 4) is 27.6 Å². The minimum absolute atomic E-state index is 0.270. The third-order valence-electron chi connectivity index (χ3n) is 9.32. The van der Waals surface area contributed by atoms with Crippen LogP contribution in [0, 0.1) is 19.7 Å². The maximum Gasteiger partial charge on any atom is 0.337 e. The van der Waals surface area contributed by atoms with Gasteiger partial charge in [0.2, 0.25) is 5.95 Å². The van der Waals surface area contributed by atoms with Crippen LogP contribution in [0.15, 0.2) is 12.1 Å². The summed E-state index contributed by atoms with van der Waals surface area (Å²) in [5.41, 5.74) is 4.31. The molecular weight excluding hydrogens is 625 g/mol. The lowest BCUT2D eigenvalue weighted by molar-refractivity contribution is -0.169. The molecule has 2 fully saturated rings. The van der Waals surface area contributed by atoms with E-state index in [2.05, 4.69) is 4.90 Å². The van der Waals surface area contributed by atoms with Gasteiger partial charge in [0.25, 0.3) is 0 Å². The standard InChI is InChI=1S/C34H40FN5O6S/c1-18-20-8-7-13-43-27(20)23(35)16-21(18)26-22-17-24(30-37-32(38-47-30)40-11-9-34(10-12-40)44-14-15-45-34)39(6)29(22)36-19(2)25(26)28(31(41)42)46-33(3,4)5/h16-17,28H,7-15H2,1-6H3,(H,41,42)/t28-/m0/s1. The Morgan fingerprint density at radius 2 is 1.85 bits per heavy atom. The van der Waals surface area contributed by atoms with Gasteiger partial charge in [-0.05, 0) is 82.3 Å². The average Bonchev–Trinajstić information content (AvgIpc) is 3.77. The fourth-order valence-corrected chi connectivity index (χ4v) is 7.79. The summed E-state index contributed by atoms with van der Waals surface area (Å²) in [6.07, 6.45) is 1.58. The highest BCUT2D eigenvalue weighted by Gasteiger charge is 2.41. The second-order valence-electron chi connectivity index (χ2n) is 13.5. The summed E-state index contributed by atoms with van der Waals surface area (Å²) in [5, 5.41) is 11.9. The molecule has 0 radical (unpaired) electrons. The Morgan fingerprint density at radius 1 is 1.13 bits per heavy atom. The SMILES string of the molecule is Cc1nc2c(cc(-c3nc(N4CCC5(CC4)OCCO5)ns3)n2C)c(-c2cc(F)c3c(c2C)CCCO3)c1[C@H](OC(C)(C)C)C(=O)O. The Bertz CT molecular complexity index is 1860. The summed E-state index contributed by atoms with van der Waals surface area (Å²) in [7, 11) is 1.91. The van der Waals surface area contributed by atoms with E-state index >= 15 is 4.39 Å². The molecule has 4 aromatic rings. The quantitative estimate of drug-likeness (QED) is 0.258. The van der Waals surface area contributed by atoms with Crippen LogP contribution in [0.1, 0.15) is 68.5 Å². The van der Waals surface area contributed by atoms with Gasteiger partial charge in [-0.15, -0.1) is 0 Å². The van der Waals surface area contributed by atoms with Gasteiger partial charge in [0.15, 0.2) is 28.5 Å². The number of aryl methyl sites for hydroxylation is 2.